The first-order chi connectivity index (χ1) is 12.3. The second-order valence-corrected chi connectivity index (χ2v) is 7.68. The lowest BCUT2D eigenvalue weighted by Crippen LogP contribution is -2.27. The summed E-state index contributed by atoms with van der Waals surface area (Å²) in [6.45, 7) is 5.88. The van der Waals surface area contributed by atoms with E-state index in [1.807, 2.05) is 45.0 Å². The Morgan fingerprint density at radius 3 is 2.62 bits per heavy atom. The molecular weight excluding hydrogens is 348 g/mol. The van der Waals surface area contributed by atoms with E-state index < -0.39 is 11.2 Å². The normalized spacial score (nSPS) is 12.2. The van der Waals surface area contributed by atoms with Crippen molar-refractivity contribution >= 4 is 17.7 Å². The summed E-state index contributed by atoms with van der Waals surface area (Å²) in [5.41, 5.74) is 3.45. The van der Waals surface area contributed by atoms with Crippen LogP contribution >= 0.6 is 11.8 Å². The summed E-state index contributed by atoms with van der Waals surface area (Å²) in [5.74, 6) is -0.862. The van der Waals surface area contributed by atoms with Gasteiger partial charge >= 0.3 is 5.97 Å². The summed E-state index contributed by atoms with van der Waals surface area (Å²) in [5, 5.41) is 9.31. The van der Waals surface area contributed by atoms with Crippen LogP contribution in [0.1, 0.15) is 48.6 Å². The fourth-order valence-corrected chi connectivity index (χ4v) is 3.86. The molecular formula is C20H26N2O3S. The third kappa shape index (κ3) is 4.75. The Hall–Kier alpha value is -2.08. The van der Waals surface area contributed by atoms with E-state index in [0.29, 0.717) is 29.3 Å². The zero-order chi connectivity index (χ0) is 19.3. The van der Waals surface area contributed by atoms with Gasteiger partial charge in [0.15, 0.2) is 5.16 Å². The zero-order valence-corrected chi connectivity index (χ0v) is 16.6. The number of unbranched alkanes of at least 4 members (excludes halogenated alkanes) is 1. The van der Waals surface area contributed by atoms with Crippen molar-refractivity contribution in [3.05, 3.63) is 57.0 Å². The molecule has 2 rings (SSSR count). The van der Waals surface area contributed by atoms with Crippen LogP contribution in [0, 0.1) is 13.8 Å². The summed E-state index contributed by atoms with van der Waals surface area (Å²) in [4.78, 5) is 28.9. The molecule has 0 saturated carbocycles. The van der Waals surface area contributed by atoms with E-state index in [9.17, 15) is 14.7 Å². The summed E-state index contributed by atoms with van der Waals surface area (Å²) < 4.78 is 1.48. The molecule has 0 aliphatic rings. The lowest BCUT2D eigenvalue weighted by Gasteiger charge is -2.16. The number of benzene rings is 1. The Morgan fingerprint density at radius 2 is 2.00 bits per heavy atom. The molecule has 0 saturated heterocycles. The number of aromatic nitrogens is 2. The van der Waals surface area contributed by atoms with Crippen LogP contribution in [0.4, 0.5) is 0 Å². The first-order valence-electron chi connectivity index (χ1n) is 8.85. The Morgan fingerprint density at radius 1 is 1.31 bits per heavy atom. The van der Waals surface area contributed by atoms with Crippen molar-refractivity contribution in [2.24, 2.45) is 7.05 Å². The Kier molecular flexibility index (Phi) is 7.03. The molecule has 0 fully saturated rings. The molecule has 6 heteroatoms. The molecule has 0 aliphatic carbocycles. The lowest BCUT2D eigenvalue weighted by molar-refractivity contribution is -0.136. The van der Waals surface area contributed by atoms with Crippen molar-refractivity contribution in [1.29, 1.82) is 0 Å². The van der Waals surface area contributed by atoms with Crippen LogP contribution in [0.25, 0.3) is 0 Å². The number of nitrogens with zero attached hydrogens (tertiary/aromatic N) is 2. The summed E-state index contributed by atoms with van der Waals surface area (Å²) in [6, 6.07) is 7.98. The van der Waals surface area contributed by atoms with Gasteiger partial charge in [-0.3, -0.25) is 14.2 Å². The van der Waals surface area contributed by atoms with Gasteiger partial charge in [-0.2, -0.15) is 0 Å². The third-order valence-electron chi connectivity index (χ3n) is 4.52. The number of carboxylic acid groups (broad SMARTS) is 1. The van der Waals surface area contributed by atoms with E-state index in [0.717, 1.165) is 35.7 Å². The number of carboxylic acids is 1. The molecule has 1 atom stereocenters. The predicted octanol–water partition coefficient (Wildman–Crippen LogP) is 3.72. The van der Waals surface area contributed by atoms with Crippen molar-refractivity contribution in [2.45, 2.75) is 56.9 Å². The van der Waals surface area contributed by atoms with Crippen LogP contribution in [0.5, 0.6) is 0 Å². The van der Waals surface area contributed by atoms with Crippen molar-refractivity contribution < 1.29 is 9.90 Å². The molecule has 0 amide bonds. The molecule has 1 aromatic carbocycles. The standard InChI is InChI=1S/C20H26N2O3S/c1-5-6-11-17(19(24)25)26-20-21-14(3)16(18(23)22(20)4)12-15-10-8-7-9-13(15)2/h7-10,17H,5-6,11-12H2,1-4H3,(H,24,25). The van der Waals surface area contributed by atoms with Crippen molar-refractivity contribution in [2.75, 3.05) is 0 Å². The predicted molar refractivity (Wildman–Crippen MR) is 105 cm³/mol. The highest BCUT2D eigenvalue weighted by molar-refractivity contribution is 8.00. The van der Waals surface area contributed by atoms with E-state index in [1.54, 1.807) is 7.05 Å². The molecule has 0 radical (unpaired) electrons. The van der Waals surface area contributed by atoms with E-state index in [1.165, 1.54) is 4.57 Å². The maximum atomic E-state index is 12.9. The number of rotatable bonds is 8. The second-order valence-electron chi connectivity index (χ2n) is 6.51. The number of hydrogen-bond acceptors (Lipinski definition) is 4. The third-order valence-corrected chi connectivity index (χ3v) is 5.82. The molecule has 0 bridgehead atoms. The van der Waals surface area contributed by atoms with Gasteiger partial charge in [-0.1, -0.05) is 55.8 Å². The van der Waals surface area contributed by atoms with E-state index >= 15 is 0 Å². The SMILES string of the molecule is CCCCC(Sc1nc(C)c(Cc2ccccc2C)c(=O)n1C)C(=O)O. The Bertz CT molecular complexity index is 845. The monoisotopic (exact) mass is 374 g/mol. The van der Waals surface area contributed by atoms with Crippen LogP contribution in [0.3, 0.4) is 0 Å². The van der Waals surface area contributed by atoms with Gasteiger partial charge in [-0.25, -0.2) is 4.98 Å². The molecule has 26 heavy (non-hydrogen) atoms. The van der Waals surface area contributed by atoms with Gasteiger partial charge in [0.25, 0.3) is 5.56 Å². The molecule has 140 valence electrons. The fourth-order valence-electron chi connectivity index (χ4n) is 2.79. The molecule has 1 N–H and O–H groups in total. The van der Waals surface area contributed by atoms with Crippen LogP contribution in [0.2, 0.25) is 0 Å². The molecule has 2 aromatic rings. The van der Waals surface area contributed by atoms with Crippen LogP contribution in [-0.2, 0) is 18.3 Å². The van der Waals surface area contributed by atoms with Gasteiger partial charge in [0.1, 0.15) is 5.25 Å². The van der Waals surface area contributed by atoms with Crippen molar-refractivity contribution in [1.82, 2.24) is 9.55 Å². The minimum atomic E-state index is -0.862. The second kappa shape index (κ2) is 9.03. The van der Waals surface area contributed by atoms with Crippen molar-refractivity contribution in [3.63, 3.8) is 0 Å². The topological polar surface area (TPSA) is 72.2 Å². The number of aliphatic carboxylic acids is 1. The summed E-state index contributed by atoms with van der Waals surface area (Å²) in [7, 11) is 1.66. The first kappa shape index (κ1) is 20.2. The van der Waals surface area contributed by atoms with Gasteiger partial charge in [0.2, 0.25) is 0 Å². The summed E-state index contributed by atoms with van der Waals surface area (Å²) in [6.07, 6.45) is 2.87. The Labute approximate surface area is 158 Å². The average molecular weight is 375 g/mol. The van der Waals surface area contributed by atoms with E-state index in [2.05, 4.69) is 4.98 Å². The largest absolute Gasteiger partial charge is 0.480 e. The number of carbonyl (C=O) groups is 1. The molecule has 1 aromatic heterocycles. The zero-order valence-electron chi connectivity index (χ0n) is 15.8. The molecule has 0 spiro atoms. The molecule has 0 aliphatic heterocycles. The van der Waals surface area contributed by atoms with E-state index in [-0.39, 0.29) is 5.56 Å². The van der Waals surface area contributed by atoms with Gasteiger partial charge in [0.05, 0.1) is 0 Å². The van der Waals surface area contributed by atoms with Crippen LogP contribution < -0.4 is 5.56 Å². The first-order valence-corrected chi connectivity index (χ1v) is 9.73. The highest BCUT2D eigenvalue weighted by atomic mass is 32.2. The number of aryl methyl sites for hydroxylation is 2. The maximum Gasteiger partial charge on any atom is 0.317 e. The smallest absolute Gasteiger partial charge is 0.317 e. The van der Waals surface area contributed by atoms with Gasteiger partial charge in [-0.15, -0.1) is 0 Å². The number of hydrogen-bond donors (Lipinski definition) is 1. The summed E-state index contributed by atoms with van der Waals surface area (Å²) >= 11 is 1.16. The van der Waals surface area contributed by atoms with E-state index in [4.69, 9.17) is 0 Å². The van der Waals surface area contributed by atoms with Gasteiger partial charge < -0.3 is 5.11 Å². The average Bonchev–Trinajstić information content (AvgIpc) is 2.60. The highest BCUT2D eigenvalue weighted by Crippen LogP contribution is 2.25. The fraction of sp³-hybridized carbons (Fsp3) is 0.450. The minimum absolute atomic E-state index is 0.108. The number of thioether (sulfide) groups is 1. The maximum absolute atomic E-state index is 12.9. The molecule has 5 nitrogen and oxygen atoms in total. The molecule has 1 heterocycles. The van der Waals surface area contributed by atoms with Crippen LogP contribution in [0.15, 0.2) is 34.2 Å². The lowest BCUT2D eigenvalue weighted by atomic mass is 10.0. The highest BCUT2D eigenvalue weighted by Gasteiger charge is 2.22. The van der Waals surface area contributed by atoms with Crippen molar-refractivity contribution in [3.8, 4) is 0 Å². The molecule has 1 unspecified atom stereocenters. The van der Waals surface area contributed by atoms with Crippen LogP contribution in [-0.4, -0.2) is 25.9 Å². The van der Waals surface area contributed by atoms with Gasteiger partial charge in [0, 0.05) is 24.7 Å². The quantitative estimate of drug-likeness (QED) is 0.563. The minimum Gasteiger partial charge on any atom is -0.480 e. The Balaban J connectivity index is 2.34. The van der Waals surface area contributed by atoms with Gasteiger partial charge in [-0.05, 0) is 31.4 Å².